The van der Waals surface area contributed by atoms with Gasteiger partial charge in [-0.05, 0) is 26.0 Å². The molecule has 29 heavy (non-hydrogen) atoms. The van der Waals surface area contributed by atoms with Gasteiger partial charge in [-0.3, -0.25) is 9.59 Å². The molecule has 1 amide bonds. The number of carbonyl (C=O) groups is 1. The minimum Gasteiger partial charge on any atom is -0.355 e. The Morgan fingerprint density at radius 2 is 1.83 bits per heavy atom. The van der Waals surface area contributed by atoms with Crippen molar-refractivity contribution in [1.82, 2.24) is 20.0 Å². The van der Waals surface area contributed by atoms with Gasteiger partial charge in [0.15, 0.2) is 11.5 Å². The molecular weight excluding hydrogens is 368 g/mol. The summed E-state index contributed by atoms with van der Waals surface area (Å²) in [7, 11) is 0. The molecule has 2 aromatic heterocycles. The van der Waals surface area contributed by atoms with Crippen LogP contribution in [0.2, 0.25) is 0 Å². The second kappa shape index (κ2) is 7.71. The number of para-hydroxylation sites is 1. The highest BCUT2D eigenvalue weighted by molar-refractivity contribution is 5.93. The maximum atomic E-state index is 13.1. The van der Waals surface area contributed by atoms with E-state index < -0.39 is 0 Å². The Labute approximate surface area is 167 Å². The summed E-state index contributed by atoms with van der Waals surface area (Å²) in [4.78, 5) is 34.3. The Morgan fingerprint density at radius 1 is 1.10 bits per heavy atom. The van der Waals surface area contributed by atoms with E-state index in [9.17, 15) is 9.59 Å². The number of aromatic amines is 1. The van der Waals surface area contributed by atoms with E-state index in [1.165, 1.54) is 0 Å². The lowest BCUT2D eigenvalue weighted by molar-refractivity contribution is 0.0674. The van der Waals surface area contributed by atoms with Crippen LogP contribution in [-0.2, 0) is 6.54 Å². The molecule has 0 bridgehead atoms. The Kier molecular flexibility index (Phi) is 4.95. The quantitative estimate of drug-likeness (QED) is 0.564. The maximum absolute atomic E-state index is 13.1. The van der Waals surface area contributed by atoms with Gasteiger partial charge in [0, 0.05) is 17.7 Å². The zero-order valence-electron chi connectivity index (χ0n) is 16.1. The number of rotatable bonds is 5. The van der Waals surface area contributed by atoms with E-state index in [2.05, 4.69) is 15.1 Å². The number of fused-ring (bicyclic) bond motifs is 1. The van der Waals surface area contributed by atoms with Gasteiger partial charge in [-0.25, -0.2) is 4.98 Å². The van der Waals surface area contributed by atoms with Crippen LogP contribution < -0.4 is 5.56 Å². The summed E-state index contributed by atoms with van der Waals surface area (Å²) in [5, 5.41) is 4.46. The average molecular weight is 388 g/mol. The molecule has 2 aromatic carbocycles. The normalized spacial score (nSPS) is 11.1. The van der Waals surface area contributed by atoms with Crippen molar-refractivity contribution in [1.29, 1.82) is 0 Å². The number of H-pyrrole nitrogens is 1. The third-order valence-electron chi connectivity index (χ3n) is 4.65. The zero-order chi connectivity index (χ0) is 20.4. The van der Waals surface area contributed by atoms with Crippen LogP contribution in [0.15, 0.2) is 70.0 Å². The lowest BCUT2D eigenvalue weighted by Gasteiger charge is -2.25. The molecule has 0 saturated carbocycles. The number of carbonyl (C=O) groups excluding carboxylic acids is 1. The molecule has 0 unspecified atom stereocenters. The van der Waals surface area contributed by atoms with Crippen LogP contribution in [-0.4, -0.2) is 32.0 Å². The highest BCUT2D eigenvalue weighted by Crippen LogP contribution is 2.21. The molecular formula is C22H20N4O3. The first-order chi connectivity index (χ1) is 14.0. The summed E-state index contributed by atoms with van der Waals surface area (Å²) in [6.07, 6.45) is 0. The highest BCUT2D eigenvalue weighted by atomic mass is 16.5. The second-order valence-corrected chi connectivity index (χ2v) is 7.00. The van der Waals surface area contributed by atoms with Gasteiger partial charge in [-0.1, -0.05) is 47.6 Å². The van der Waals surface area contributed by atoms with Gasteiger partial charge in [-0.2, -0.15) is 0 Å². The molecule has 0 aliphatic carbocycles. The number of aromatic nitrogens is 3. The minimum atomic E-state index is -0.290. The predicted molar refractivity (Wildman–Crippen MR) is 109 cm³/mol. The minimum absolute atomic E-state index is 0.129. The number of nitrogens with one attached hydrogen (secondary N) is 1. The molecule has 146 valence electrons. The SMILES string of the molecule is CC(C)N(Cc1nc2ccccc2c(=O)[nH]1)C(=O)c1cc(-c2ccccc2)on1. The number of amides is 1. The third-order valence-corrected chi connectivity index (χ3v) is 4.65. The fourth-order valence-electron chi connectivity index (χ4n) is 3.12. The highest BCUT2D eigenvalue weighted by Gasteiger charge is 2.24. The fourth-order valence-corrected chi connectivity index (χ4v) is 3.12. The van der Waals surface area contributed by atoms with Crippen molar-refractivity contribution in [2.75, 3.05) is 0 Å². The van der Waals surface area contributed by atoms with Crippen LogP contribution in [0.1, 0.15) is 30.2 Å². The molecule has 0 atom stereocenters. The molecule has 0 saturated heterocycles. The predicted octanol–water partition coefficient (Wildman–Crippen LogP) is 3.63. The molecule has 4 aromatic rings. The molecule has 0 spiro atoms. The van der Waals surface area contributed by atoms with Gasteiger partial charge in [0.05, 0.1) is 17.4 Å². The first-order valence-corrected chi connectivity index (χ1v) is 9.34. The first-order valence-electron chi connectivity index (χ1n) is 9.34. The molecule has 0 fully saturated rings. The van der Waals surface area contributed by atoms with Crippen molar-refractivity contribution < 1.29 is 9.32 Å². The number of hydrogen-bond acceptors (Lipinski definition) is 5. The largest absolute Gasteiger partial charge is 0.355 e. The van der Waals surface area contributed by atoms with Crippen molar-refractivity contribution in [2.24, 2.45) is 0 Å². The Morgan fingerprint density at radius 3 is 2.59 bits per heavy atom. The van der Waals surface area contributed by atoms with Gasteiger partial charge in [0.2, 0.25) is 0 Å². The number of nitrogens with zero attached hydrogens (tertiary/aromatic N) is 3. The van der Waals surface area contributed by atoms with E-state index in [1.54, 1.807) is 29.2 Å². The standard InChI is InChI=1S/C22H20N4O3/c1-14(2)26(13-20-23-17-11-7-6-10-16(17)21(27)24-20)22(28)18-12-19(29-25-18)15-8-4-3-5-9-15/h3-12,14H,13H2,1-2H3,(H,23,24,27). The fraction of sp³-hybridized carbons (Fsp3) is 0.182. The van der Waals surface area contributed by atoms with Gasteiger partial charge < -0.3 is 14.4 Å². The van der Waals surface area contributed by atoms with Crippen LogP contribution >= 0.6 is 0 Å². The van der Waals surface area contributed by atoms with E-state index in [1.807, 2.05) is 50.2 Å². The summed E-state index contributed by atoms with van der Waals surface area (Å²) in [6.45, 7) is 3.95. The van der Waals surface area contributed by atoms with Crippen LogP contribution in [0.4, 0.5) is 0 Å². The van der Waals surface area contributed by atoms with Crippen molar-refractivity contribution in [2.45, 2.75) is 26.4 Å². The van der Waals surface area contributed by atoms with Gasteiger partial charge in [-0.15, -0.1) is 0 Å². The van der Waals surface area contributed by atoms with E-state index in [-0.39, 0.29) is 29.7 Å². The Balaban J connectivity index is 1.62. The van der Waals surface area contributed by atoms with Gasteiger partial charge in [0.25, 0.3) is 11.5 Å². The van der Waals surface area contributed by atoms with Crippen LogP contribution in [0.5, 0.6) is 0 Å². The van der Waals surface area contributed by atoms with Gasteiger partial charge >= 0.3 is 0 Å². The summed E-state index contributed by atoms with van der Waals surface area (Å²) >= 11 is 0. The van der Waals surface area contributed by atoms with Gasteiger partial charge in [0.1, 0.15) is 5.82 Å². The summed E-state index contributed by atoms with van der Waals surface area (Å²) in [5.74, 6) is 0.652. The van der Waals surface area contributed by atoms with Crippen LogP contribution in [0, 0.1) is 0 Å². The molecule has 2 heterocycles. The van der Waals surface area contributed by atoms with E-state index >= 15 is 0 Å². The molecule has 1 N–H and O–H groups in total. The van der Waals surface area contributed by atoms with Crippen molar-refractivity contribution >= 4 is 16.8 Å². The number of benzene rings is 2. The molecule has 0 radical (unpaired) electrons. The summed E-state index contributed by atoms with van der Waals surface area (Å²) in [6, 6.07) is 18.1. The topological polar surface area (TPSA) is 92.1 Å². The molecule has 0 aliphatic heterocycles. The third kappa shape index (κ3) is 3.80. The summed E-state index contributed by atoms with van der Waals surface area (Å²) < 4.78 is 5.36. The van der Waals surface area contributed by atoms with E-state index in [4.69, 9.17) is 4.52 Å². The average Bonchev–Trinajstić information content (AvgIpc) is 3.22. The Hall–Kier alpha value is -3.74. The lowest BCUT2D eigenvalue weighted by atomic mass is 10.1. The first kappa shape index (κ1) is 18.6. The second-order valence-electron chi connectivity index (χ2n) is 7.00. The summed E-state index contributed by atoms with van der Waals surface area (Å²) in [5.41, 5.74) is 1.42. The molecule has 0 aliphatic rings. The molecule has 7 nitrogen and oxygen atoms in total. The van der Waals surface area contributed by atoms with E-state index in [0.717, 1.165) is 5.56 Å². The van der Waals surface area contributed by atoms with Crippen molar-refractivity contribution in [3.8, 4) is 11.3 Å². The van der Waals surface area contributed by atoms with Crippen molar-refractivity contribution in [3.63, 3.8) is 0 Å². The smallest absolute Gasteiger partial charge is 0.276 e. The number of hydrogen-bond donors (Lipinski definition) is 1. The van der Waals surface area contributed by atoms with Crippen LogP contribution in [0.3, 0.4) is 0 Å². The monoisotopic (exact) mass is 388 g/mol. The Bertz CT molecular complexity index is 1210. The lowest BCUT2D eigenvalue weighted by Crippen LogP contribution is -2.37. The van der Waals surface area contributed by atoms with Crippen LogP contribution in [0.25, 0.3) is 22.2 Å². The van der Waals surface area contributed by atoms with Crippen molar-refractivity contribution in [3.05, 3.63) is 82.5 Å². The van der Waals surface area contributed by atoms with E-state index in [0.29, 0.717) is 22.5 Å². The molecule has 7 heteroatoms. The maximum Gasteiger partial charge on any atom is 0.276 e. The zero-order valence-corrected chi connectivity index (χ0v) is 16.1. The molecule has 4 rings (SSSR count).